The van der Waals surface area contributed by atoms with Crippen molar-refractivity contribution in [2.24, 2.45) is 5.73 Å². The predicted molar refractivity (Wildman–Crippen MR) is 57.0 cm³/mol. The van der Waals surface area contributed by atoms with Gasteiger partial charge < -0.3 is 15.4 Å². The van der Waals surface area contributed by atoms with Gasteiger partial charge in [-0.3, -0.25) is 4.79 Å². The summed E-state index contributed by atoms with van der Waals surface area (Å²) < 4.78 is 5.36. The molecule has 0 aliphatic rings. The number of hydrogen-bond donors (Lipinski definition) is 1. The molecule has 4 heteroatoms. The molecule has 0 saturated heterocycles. The molecule has 1 amide bonds. The standard InChI is InChI=1S/C10H22N2O2/c1-8(11)6-12(5)9(13)7-14-10(2,3)4/h8H,6-7,11H2,1-5H3. The van der Waals surface area contributed by atoms with Crippen molar-refractivity contribution in [3.8, 4) is 0 Å². The van der Waals surface area contributed by atoms with Gasteiger partial charge in [0.2, 0.25) is 5.91 Å². The summed E-state index contributed by atoms with van der Waals surface area (Å²) in [6.45, 7) is 8.32. The van der Waals surface area contributed by atoms with Crippen LogP contribution in [0.3, 0.4) is 0 Å². The van der Waals surface area contributed by atoms with Gasteiger partial charge in [0.25, 0.3) is 0 Å². The molecule has 0 rings (SSSR count). The number of rotatable bonds is 4. The van der Waals surface area contributed by atoms with E-state index in [0.717, 1.165) is 0 Å². The Labute approximate surface area is 86.4 Å². The third-order valence-corrected chi connectivity index (χ3v) is 1.62. The van der Waals surface area contributed by atoms with E-state index in [0.29, 0.717) is 6.54 Å². The fraction of sp³-hybridized carbons (Fsp3) is 0.900. The van der Waals surface area contributed by atoms with Crippen LogP contribution in [-0.2, 0) is 9.53 Å². The molecule has 0 fully saturated rings. The Bertz CT molecular complexity index is 185. The molecule has 2 N–H and O–H groups in total. The van der Waals surface area contributed by atoms with Crippen LogP contribution >= 0.6 is 0 Å². The molecule has 0 aromatic rings. The van der Waals surface area contributed by atoms with Gasteiger partial charge >= 0.3 is 0 Å². The first-order chi connectivity index (χ1) is 6.22. The fourth-order valence-electron chi connectivity index (χ4n) is 0.922. The van der Waals surface area contributed by atoms with Crippen LogP contribution in [0.2, 0.25) is 0 Å². The highest BCUT2D eigenvalue weighted by Gasteiger charge is 2.15. The van der Waals surface area contributed by atoms with Gasteiger partial charge in [-0.05, 0) is 27.7 Å². The van der Waals surface area contributed by atoms with Crippen molar-refractivity contribution in [3.63, 3.8) is 0 Å². The molecule has 0 saturated carbocycles. The van der Waals surface area contributed by atoms with E-state index in [1.165, 1.54) is 0 Å². The maximum absolute atomic E-state index is 11.5. The lowest BCUT2D eigenvalue weighted by Crippen LogP contribution is -2.40. The van der Waals surface area contributed by atoms with Crippen molar-refractivity contribution in [1.82, 2.24) is 4.90 Å². The summed E-state index contributed by atoms with van der Waals surface area (Å²) in [5.41, 5.74) is 5.31. The summed E-state index contributed by atoms with van der Waals surface area (Å²) >= 11 is 0. The van der Waals surface area contributed by atoms with E-state index >= 15 is 0 Å². The molecule has 14 heavy (non-hydrogen) atoms. The minimum absolute atomic E-state index is 0.00131. The van der Waals surface area contributed by atoms with Gasteiger partial charge in [-0.15, -0.1) is 0 Å². The summed E-state index contributed by atoms with van der Waals surface area (Å²) in [5.74, 6) is -0.0303. The summed E-state index contributed by atoms with van der Waals surface area (Å²) in [6, 6.07) is -0.00131. The number of carbonyl (C=O) groups is 1. The first-order valence-corrected chi connectivity index (χ1v) is 4.86. The van der Waals surface area contributed by atoms with Gasteiger partial charge in [-0.2, -0.15) is 0 Å². The van der Waals surface area contributed by atoms with Gasteiger partial charge in [-0.1, -0.05) is 0 Å². The second-order valence-corrected chi connectivity index (χ2v) is 4.65. The molecule has 4 nitrogen and oxygen atoms in total. The minimum atomic E-state index is -0.273. The zero-order chi connectivity index (χ0) is 11.4. The van der Waals surface area contributed by atoms with E-state index in [-0.39, 0.29) is 24.2 Å². The third kappa shape index (κ3) is 6.86. The molecular formula is C10H22N2O2. The summed E-state index contributed by atoms with van der Waals surface area (Å²) in [7, 11) is 1.73. The maximum atomic E-state index is 11.5. The Kier molecular flexibility index (Phi) is 5.08. The Morgan fingerprint density at radius 1 is 1.50 bits per heavy atom. The number of likely N-dealkylation sites (N-methyl/N-ethyl adjacent to an activating group) is 1. The highest BCUT2D eigenvalue weighted by molar-refractivity contribution is 5.77. The van der Waals surface area contributed by atoms with Crippen molar-refractivity contribution >= 4 is 5.91 Å². The molecule has 0 bridgehead atoms. The molecule has 0 radical (unpaired) electrons. The molecular weight excluding hydrogens is 180 g/mol. The van der Waals surface area contributed by atoms with Crippen LogP contribution in [0, 0.1) is 0 Å². The summed E-state index contributed by atoms with van der Waals surface area (Å²) in [5, 5.41) is 0. The smallest absolute Gasteiger partial charge is 0.248 e. The quantitative estimate of drug-likeness (QED) is 0.726. The number of nitrogens with zero attached hydrogens (tertiary/aromatic N) is 1. The Balaban J connectivity index is 3.85. The summed E-state index contributed by atoms with van der Waals surface area (Å²) in [6.07, 6.45) is 0. The van der Waals surface area contributed by atoms with Gasteiger partial charge in [0.15, 0.2) is 0 Å². The van der Waals surface area contributed by atoms with Gasteiger partial charge in [0.1, 0.15) is 6.61 Å². The van der Waals surface area contributed by atoms with Crippen LogP contribution in [0.15, 0.2) is 0 Å². The van der Waals surface area contributed by atoms with Crippen LogP contribution in [0.4, 0.5) is 0 Å². The molecule has 0 aromatic heterocycles. The number of hydrogen-bond acceptors (Lipinski definition) is 3. The highest BCUT2D eigenvalue weighted by Crippen LogP contribution is 2.06. The first kappa shape index (κ1) is 13.4. The highest BCUT2D eigenvalue weighted by atomic mass is 16.5. The van der Waals surface area contributed by atoms with Crippen molar-refractivity contribution in [1.29, 1.82) is 0 Å². The Morgan fingerprint density at radius 2 is 2.00 bits per heavy atom. The monoisotopic (exact) mass is 202 g/mol. The van der Waals surface area contributed by atoms with Crippen molar-refractivity contribution in [3.05, 3.63) is 0 Å². The zero-order valence-corrected chi connectivity index (χ0v) is 9.83. The van der Waals surface area contributed by atoms with Gasteiger partial charge in [0.05, 0.1) is 5.60 Å². The molecule has 0 aliphatic heterocycles. The number of ether oxygens (including phenoxy) is 1. The van der Waals surface area contributed by atoms with Crippen LogP contribution in [-0.4, -0.2) is 42.6 Å². The number of amides is 1. The average Bonchev–Trinajstić information content (AvgIpc) is 1.97. The predicted octanol–water partition coefficient (Wildman–Crippen LogP) is 0.607. The lowest BCUT2D eigenvalue weighted by molar-refractivity contribution is -0.139. The maximum Gasteiger partial charge on any atom is 0.248 e. The Morgan fingerprint density at radius 3 is 2.36 bits per heavy atom. The molecule has 0 heterocycles. The van der Waals surface area contributed by atoms with Crippen molar-refractivity contribution in [2.75, 3.05) is 20.2 Å². The van der Waals surface area contributed by atoms with E-state index in [2.05, 4.69) is 0 Å². The van der Waals surface area contributed by atoms with Gasteiger partial charge in [-0.25, -0.2) is 0 Å². The fourth-order valence-corrected chi connectivity index (χ4v) is 0.922. The lowest BCUT2D eigenvalue weighted by Gasteiger charge is -2.23. The first-order valence-electron chi connectivity index (χ1n) is 4.86. The number of nitrogens with two attached hydrogens (primary N) is 1. The van der Waals surface area contributed by atoms with E-state index < -0.39 is 0 Å². The van der Waals surface area contributed by atoms with E-state index in [1.54, 1.807) is 11.9 Å². The second-order valence-electron chi connectivity index (χ2n) is 4.65. The Hall–Kier alpha value is -0.610. The molecule has 1 atom stereocenters. The zero-order valence-electron chi connectivity index (χ0n) is 9.83. The van der Waals surface area contributed by atoms with Crippen LogP contribution < -0.4 is 5.73 Å². The largest absolute Gasteiger partial charge is 0.366 e. The molecule has 0 aromatic carbocycles. The van der Waals surface area contributed by atoms with E-state index in [9.17, 15) is 4.79 Å². The lowest BCUT2D eigenvalue weighted by atomic mass is 10.2. The van der Waals surface area contributed by atoms with Crippen LogP contribution in [0.1, 0.15) is 27.7 Å². The van der Waals surface area contributed by atoms with E-state index in [1.807, 2.05) is 27.7 Å². The van der Waals surface area contributed by atoms with Crippen LogP contribution in [0.25, 0.3) is 0 Å². The third-order valence-electron chi connectivity index (χ3n) is 1.62. The molecule has 1 unspecified atom stereocenters. The number of carbonyl (C=O) groups excluding carboxylic acids is 1. The second kappa shape index (κ2) is 5.32. The van der Waals surface area contributed by atoms with Crippen LogP contribution in [0.5, 0.6) is 0 Å². The minimum Gasteiger partial charge on any atom is -0.366 e. The topological polar surface area (TPSA) is 55.6 Å². The molecule has 84 valence electrons. The van der Waals surface area contributed by atoms with E-state index in [4.69, 9.17) is 10.5 Å². The van der Waals surface area contributed by atoms with Crippen molar-refractivity contribution < 1.29 is 9.53 Å². The molecule has 0 spiro atoms. The van der Waals surface area contributed by atoms with Gasteiger partial charge in [0, 0.05) is 19.6 Å². The van der Waals surface area contributed by atoms with Crippen molar-refractivity contribution in [2.45, 2.75) is 39.3 Å². The normalized spacial score (nSPS) is 13.9. The summed E-state index contributed by atoms with van der Waals surface area (Å²) in [4.78, 5) is 13.1. The SMILES string of the molecule is CC(N)CN(C)C(=O)COC(C)(C)C. The molecule has 0 aliphatic carbocycles. The average molecular weight is 202 g/mol.